The topological polar surface area (TPSA) is 72.3 Å². The Kier molecular flexibility index (Phi) is 0.970. The molecule has 2 aromatic heterocycles. The van der Waals surface area contributed by atoms with Crippen LogP contribution in [0.3, 0.4) is 0 Å². The van der Waals surface area contributed by atoms with Crippen molar-refractivity contribution in [3.8, 4) is 5.82 Å². The number of hydrogen-bond donors (Lipinski definition) is 1. The predicted octanol–water partition coefficient (Wildman–Crippen LogP) is -0.814. The molecule has 10 heavy (non-hydrogen) atoms. The zero-order valence-corrected chi connectivity index (χ0v) is 4.89. The lowest BCUT2D eigenvalue weighted by atomic mass is 10.6. The van der Waals surface area contributed by atoms with E-state index in [9.17, 15) is 0 Å². The molecule has 1 N–H and O–H groups in total. The molecule has 0 atom stereocenters. The van der Waals surface area contributed by atoms with Gasteiger partial charge in [0.2, 0.25) is 6.33 Å². The fourth-order valence-electron chi connectivity index (χ4n) is 0.610. The van der Waals surface area contributed by atoms with Crippen molar-refractivity contribution in [1.82, 2.24) is 30.4 Å². The monoisotopic (exact) mass is 135 g/mol. The van der Waals surface area contributed by atoms with E-state index in [-0.39, 0.29) is 0 Å². The molecule has 0 bridgehead atoms. The van der Waals surface area contributed by atoms with Crippen LogP contribution in [0.1, 0.15) is 0 Å². The Morgan fingerprint density at radius 3 is 3.20 bits per heavy atom. The molecule has 49 valence electrons. The number of nitrogens with one attached hydrogen (secondary N) is 1. The maximum absolute atomic E-state index is 3.82. The summed E-state index contributed by atoms with van der Waals surface area (Å²) in [5.74, 6) is 0.630. The second-order valence-corrected chi connectivity index (χ2v) is 1.62. The van der Waals surface area contributed by atoms with Crippen molar-refractivity contribution >= 4 is 0 Å². The van der Waals surface area contributed by atoms with Crippen LogP contribution in [0.4, 0.5) is 0 Å². The van der Waals surface area contributed by atoms with E-state index >= 15 is 0 Å². The standard InChI is InChI=1S/C4H3N6/c1-2-5-7-4(1)10-3-6-8-9-10/h1-2H,(H,5,7). The molecule has 6 nitrogen and oxygen atoms in total. The highest BCUT2D eigenvalue weighted by atomic mass is 15.5. The number of H-pyrrole nitrogens is 1. The minimum Gasteiger partial charge on any atom is -0.284 e. The zero-order valence-electron chi connectivity index (χ0n) is 4.89. The second kappa shape index (κ2) is 1.90. The number of tetrazole rings is 1. The van der Waals surface area contributed by atoms with Gasteiger partial charge in [0.05, 0.1) is 0 Å². The minimum atomic E-state index is 0.630. The van der Waals surface area contributed by atoms with Crippen LogP contribution in [0.25, 0.3) is 5.82 Å². The molecule has 2 heterocycles. The molecule has 0 spiro atoms. The van der Waals surface area contributed by atoms with Gasteiger partial charge in [-0.25, -0.2) is 0 Å². The SMILES string of the molecule is [c]1nnnn1-c1cc[nH]n1. The lowest BCUT2D eigenvalue weighted by Crippen LogP contribution is -1.95. The Morgan fingerprint density at radius 2 is 2.60 bits per heavy atom. The van der Waals surface area contributed by atoms with Crippen molar-refractivity contribution in [3.63, 3.8) is 0 Å². The highest BCUT2D eigenvalue weighted by Crippen LogP contribution is 1.94. The number of hydrogen-bond acceptors (Lipinski definition) is 4. The van der Waals surface area contributed by atoms with Crippen molar-refractivity contribution in [2.75, 3.05) is 0 Å². The number of rotatable bonds is 1. The predicted molar refractivity (Wildman–Crippen MR) is 30.1 cm³/mol. The van der Waals surface area contributed by atoms with Gasteiger partial charge in [0.1, 0.15) is 0 Å². The summed E-state index contributed by atoms with van der Waals surface area (Å²) in [7, 11) is 0. The Hall–Kier alpha value is -1.72. The quantitative estimate of drug-likeness (QED) is 0.554. The highest BCUT2D eigenvalue weighted by Gasteiger charge is 1.97. The van der Waals surface area contributed by atoms with Gasteiger partial charge >= 0.3 is 0 Å². The minimum absolute atomic E-state index is 0.630. The average molecular weight is 135 g/mol. The molecule has 6 heteroatoms. The van der Waals surface area contributed by atoms with Crippen LogP contribution in [0.2, 0.25) is 0 Å². The molecule has 0 saturated carbocycles. The smallest absolute Gasteiger partial charge is 0.228 e. The molecular formula is C4H3N6. The van der Waals surface area contributed by atoms with E-state index in [2.05, 4.69) is 32.1 Å². The Morgan fingerprint density at radius 1 is 1.60 bits per heavy atom. The van der Waals surface area contributed by atoms with Gasteiger partial charge in [0, 0.05) is 12.3 Å². The summed E-state index contributed by atoms with van der Waals surface area (Å²) in [6.45, 7) is 0. The summed E-state index contributed by atoms with van der Waals surface area (Å²) in [4.78, 5) is 0. The molecule has 2 aromatic rings. The van der Waals surface area contributed by atoms with Crippen LogP contribution in [0.5, 0.6) is 0 Å². The maximum atomic E-state index is 3.82. The Bertz CT molecular complexity index is 249. The third kappa shape index (κ3) is 0.661. The van der Waals surface area contributed by atoms with Gasteiger partial charge in [0.15, 0.2) is 5.82 Å². The molecule has 0 unspecified atom stereocenters. The molecule has 0 aromatic carbocycles. The van der Waals surface area contributed by atoms with Gasteiger partial charge in [-0.3, -0.25) is 5.10 Å². The third-order valence-electron chi connectivity index (χ3n) is 1.02. The number of nitrogens with zero attached hydrogens (tertiary/aromatic N) is 5. The molecule has 2 rings (SSSR count). The number of aromatic nitrogens is 6. The van der Waals surface area contributed by atoms with E-state index in [4.69, 9.17) is 0 Å². The van der Waals surface area contributed by atoms with E-state index in [0.29, 0.717) is 5.82 Å². The van der Waals surface area contributed by atoms with Crippen molar-refractivity contribution in [2.24, 2.45) is 0 Å². The normalized spacial score (nSPS) is 10.0. The molecule has 0 aliphatic heterocycles. The largest absolute Gasteiger partial charge is 0.284 e. The Labute approximate surface area is 55.9 Å². The van der Waals surface area contributed by atoms with Crippen molar-refractivity contribution < 1.29 is 0 Å². The first-order valence-electron chi connectivity index (χ1n) is 2.63. The van der Waals surface area contributed by atoms with Gasteiger partial charge in [-0.2, -0.15) is 9.78 Å². The lowest BCUT2D eigenvalue weighted by molar-refractivity contribution is 0.764. The van der Waals surface area contributed by atoms with Gasteiger partial charge in [0.25, 0.3) is 0 Å². The summed E-state index contributed by atoms with van der Waals surface area (Å²) in [6.07, 6.45) is 4.19. The first-order chi connectivity index (χ1) is 4.97. The zero-order chi connectivity index (χ0) is 6.81. The van der Waals surface area contributed by atoms with E-state index in [0.717, 1.165) is 0 Å². The van der Waals surface area contributed by atoms with Crippen LogP contribution in [0, 0.1) is 6.33 Å². The van der Waals surface area contributed by atoms with Gasteiger partial charge in [-0.15, -0.1) is 5.10 Å². The van der Waals surface area contributed by atoms with E-state index in [1.807, 2.05) is 0 Å². The summed E-state index contributed by atoms with van der Waals surface area (Å²) in [6, 6.07) is 1.74. The van der Waals surface area contributed by atoms with Crippen LogP contribution >= 0.6 is 0 Å². The molecule has 0 aliphatic carbocycles. The van der Waals surface area contributed by atoms with Crippen LogP contribution in [-0.2, 0) is 0 Å². The molecule has 0 amide bonds. The fourth-order valence-corrected chi connectivity index (χ4v) is 0.610. The van der Waals surface area contributed by atoms with Crippen molar-refractivity contribution in [1.29, 1.82) is 0 Å². The first kappa shape index (κ1) is 5.10. The van der Waals surface area contributed by atoms with E-state index in [1.165, 1.54) is 4.68 Å². The molecule has 0 saturated heterocycles. The van der Waals surface area contributed by atoms with E-state index < -0.39 is 0 Å². The third-order valence-corrected chi connectivity index (χ3v) is 1.02. The molecule has 0 fully saturated rings. The molecular weight excluding hydrogens is 132 g/mol. The number of aromatic amines is 1. The fraction of sp³-hybridized carbons (Fsp3) is 0. The lowest BCUT2D eigenvalue weighted by Gasteiger charge is -1.85. The molecule has 1 radical (unpaired) electrons. The van der Waals surface area contributed by atoms with Crippen LogP contribution in [0.15, 0.2) is 12.3 Å². The van der Waals surface area contributed by atoms with Gasteiger partial charge in [-0.1, -0.05) is 0 Å². The Balaban J connectivity index is 2.48. The van der Waals surface area contributed by atoms with Crippen molar-refractivity contribution in [2.45, 2.75) is 0 Å². The summed E-state index contributed by atoms with van der Waals surface area (Å²) in [5.41, 5.74) is 0. The van der Waals surface area contributed by atoms with Crippen LogP contribution < -0.4 is 0 Å². The summed E-state index contributed by atoms with van der Waals surface area (Å²) >= 11 is 0. The average Bonchev–Trinajstić information content (AvgIpc) is 2.59. The van der Waals surface area contributed by atoms with Gasteiger partial charge < -0.3 is 0 Å². The van der Waals surface area contributed by atoms with E-state index in [1.54, 1.807) is 12.3 Å². The maximum Gasteiger partial charge on any atom is 0.228 e. The van der Waals surface area contributed by atoms with Gasteiger partial charge in [-0.05, 0) is 10.4 Å². The second-order valence-electron chi connectivity index (χ2n) is 1.62. The van der Waals surface area contributed by atoms with Crippen LogP contribution in [-0.4, -0.2) is 30.4 Å². The summed E-state index contributed by atoms with van der Waals surface area (Å²) < 4.78 is 1.34. The van der Waals surface area contributed by atoms with Crippen molar-refractivity contribution in [3.05, 3.63) is 18.6 Å². The first-order valence-corrected chi connectivity index (χ1v) is 2.63. The highest BCUT2D eigenvalue weighted by molar-refractivity contribution is 5.14. The molecule has 0 aliphatic rings. The summed E-state index contributed by atoms with van der Waals surface area (Å²) in [5, 5.41) is 16.8.